The lowest BCUT2D eigenvalue weighted by Crippen LogP contribution is -2.13. The van der Waals surface area contributed by atoms with Gasteiger partial charge in [-0.1, -0.05) is 5.21 Å². The van der Waals surface area contributed by atoms with Gasteiger partial charge in [-0.05, 0) is 19.9 Å². The fraction of sp³-hybridized carbons (Fsp3) is 0.455. The van der Waals surface area contributed by atoms with Crippen molar-refractivity contribution in [2.75, 3.05) is 0 Å². The molecular weight excluding hydrogens is 204 g/mol. The Kier molecular flexibility index (Phi) is 2.78. The van der Waals surface area contributed by atoms with Gasteiger partial charge in [-0.15, -0.1) is 5.10 Å². The van der Waals surface area contributed by atoms with Crippen LogP contribution in [0.1, 0.15) is 28.8 Å². The molecule has 0 bridgehead atoms. The van der Waals surface area contributed by atoms with E-state index in [-0.39, 0.29) is 6.04 Å². The van der Waals surface area contributed by atoms with Crippen LogP contribution in [-0.4, -0.2) is 15.0 Å². The van der Waals surface area contributed by atoms with Gasteiger partial charge in [0.15, 0.2) is 0 Å². The second-order valence-corrected chi connectivity index (χ2v) is 4.06. The molecular formula is C11H16N4O. The Balaban J connectivity index is 2.14. The summed E-state index contributed by atoms with van der Waals surface area (Å²) in [4.78, 5) is 0. The molecule has 0 saturated heterocycles. The first-order valence-electron chi connectivity index (χ1n) is 5.24. The zero-order chi connectivity index (χ0) is 11.7. The number of hydrogen-bond acceptors (Lipinski definition) is 4. The molecule has 86 valence electrons. The van der Waals surface area contributed by atoms with E-state index >= 15 is 0 Å². The molecule has 1 atom stereocenters. The molecule has 0 spiro atoms. The molecule has 2 rings (SSSR count). The van der Waals surface area contributed by atoms with Crippen molar-refractivity contribution in [3.05, 3.63) is 35.0 Å². The molecule has 5 heteroatoms. The highest BCUT2D eigenvalue weighted by atomic mass is 16.3. The predicted octanol–water partition coefficient (Wildman–Crippen LogP) is 1.27. The van der Waals surface area contributed by atoms with Crippen LogP contribution in [-0.2, 0) is 13.5 Å². The molecule has 0 aliphatic rings. The lowest BCUT2D eigenvalue weighted by molar-refractivity contribution is 0.497. The molecule has 2 heterocycles. The van der Waals surface area contributed by atoms with Gasteiger partial charge in [-0.3, -0.25) is 4.68 Å². The van der Waals surface area contributed by atoms with Crippen molar-refractivity contribution in [2.24, 2.45) is 12.8 Å². The third-order valence-electron chi connectivity index (χ3n) is 2.56. The number of rotatable bonds is 3. The van der Waals surface area contributed by atoms with Gasteiger partial charge in [0.25, 0.3) is 0 Å². The Morgan fingerprint density at radius 2 is 2.25 bits per heavy atom. The number of furan rings is 1. The second kappa shape index (κ2) is 4.09. The molecule has 0 aliphatic carbocycles. The minimum atomic E-state index is -0.0888. The van der Waals surface area contributed by atoms with Gasteiger partial charge < -0.3 is 10.2 Å². The molecule has 0 radical (unpaired) electrons. The summed E-state index contributed by atoms with van der Waals surface area (Å²) in [6.45, 7) is 3.85. The number of aromatic nitrogens is 3. The summed E-state index contributed by atoms with van der Waals surface area (Å²) in [6, 6.07) is 1.89. The number of nitrogens with zero attached hydrogens (tertiary/aromatic N) is 3. The minimum absolute atomic E-state index is 0.0888. The molecule has 0 aliphatic heterocycles. The average Bonchev–Trinajstić information content (AvgIpc) is 2.73. The molecule has 0 aromatic carbocycles. The monoisotopic (exact) mass is 220 g/mol. The third-order valence-corrected chi connectivity index (χ3v) is 2.56. The molecule has 2 aromatic heterocycles. The van der Waals surface area contributed by atoms with Crippen LogP contribution in [0.25, 0.3) is 0 Å². The standard InChI is InChI=1S/C11H16N4O/c1-7-4-10(8(2)16-7)11(12)5-9-6-15(3)14-13-9/h4,6,11H,5,12H2,1-3H3. The zero-order valence-electron chi connectivity index (χ0n) is 9.77. The first-order valence-corrected chi connectivity index (χ1v) is 5.24. The van der Waals surface area contributed by atoms with E-state index in [4.69, 9.17) is 10.2 Å². The maximum Gasteiger partial charge on any atom is 0.105 e. The van der Waals surface area contributed by atoms with Crippen LogP contribution < -0.4 is 5.73 Å². The molecule has 16 heavy (non-hydrogen) atoms. The van der Waals surface area contributed by atoms with E-state index in [9.17, 15) is 0 Å². The maximum absolute atomic E-state index is 6.11. The van der Waals surface area contributed by atoms with Gasteiger partial charge >= 0.3 is 0 Å². The highest BCUT2D eigenvalue weighted by Gasteiger charge is 2.15. The van der Waals surface area contributed by atoms with Crippen LogP contribution >= 0.6 is 0 Å². The van der Waals surface area contributed by atoms with Crippen LogP contribution in [0.2, 0.25) is 0 Å². The summed E-state index contributed by atoms with van der Waals surface area (Å²) in [5, 5.41) is 7.90. The Labute approximate surface area is 94.2 Å². The van der Waals surface area contributed by atoms with Crippen molar-refractivity contribution in [2.45, 2.75) is 26.3 Å². The van der Waals surface area contributed by atoms with Gasteiger partial charge in [-0.25, -0.2) is 0 Å². The fourth-order valence-corrected chi connectivity index (χ4v) is 1.84. The van der Waals surface area contributed by atoms with Crippen LogP contribution in [0.15, 0.2) is 16.7 Å². The van der Waals surface area contributed by atoms with Gasteiger partial charge in [0.05, 0.1) is 5.69 Å². The van der Waals surface area contributed by atoms with Crippen molar-refractivity contribution in [3.8, 4) is 0 Å². The number of aryl methyl sites for hydroxylation is 3. The van der Waals surface area contributed by atoms with Crippen LogP contribution in [0.3, 0.4) is 0 Å². The maximum atomic E-state index is 6.11. The van der Waals surface area contributed by atoms with E-state index in [0.29, 0.717) is 6.42 Å². The molecule has 0 saturated carbocycles. The van der Waals surface area contributed by atoms with E-state index < -0.39 is 0 Å². The molecule has 2 aromatic rings. The van der Waals surface area contributed by atoms with E-state index in [0.717, 1.165) is 22.8 Å². The third kappa shape index (κ3) is 2.14. The van der Waals surface area contributed by atoms with Gasteiger partial charge in [0.1, 0.15) is 11.5 Å². The predicted molar refractivity (Wildman–Crippen MR) is 59.8 cm³/mol. The molecule has 0 fully saturated rings. The summed E-state index contributed by atoms with van der Waals surface area (Å²) in [5.41, 5.74) is 8.05. The van der Waals surface area contributed by atoms with E-state index in [2.05, 4.69) is 10.3 Å². The quantitative estimate of drug-likeness (QED) is 0.845. The number of nitrogens with two attached hydrogens (primary N) is 1. The SMILES string of the molecule is Cc1cc(C(N)Cc2cn(C)nn2)c(C)o1. The van der Waals surface area contributed by atoms with Crippen molar-refractivity contribution in [3.63, 3.8) is 0 Å². The molecule has 5 nitrogen and oxygen atoms in total. The Bertz CT molecular complexity index is 486. The van der Waals surface area contributed by atoms with Gasteiger partial charge in [0.2, 0.25) is 0 Å². The normalized spacial score (nSPS) is 13.0. The summed E-state index contributed by atoms with van der Waals surface area (Å²) in [6.07, 6.45) is 2.55. The summed E-state index contributed by atoms with van der Waals surface area (Å²) in [5.74, 6) is 1.77. The largest absolute Gasteiger partial charge is 0.466 e. The van der Waals surface area contributed by atoms with Crippen LogP contribution in [0.4, 0.5) is 0 Å². The highest BCUT2D eigenvalue weighted by molar-refractivity contribution is 5.24. The highest BCUT2D eigenvalue weighted by Crippen LogP contribution is 2.22. The Morgan fingerprint density at radius 3 is 2.75 bits per heavy atom. The minimum Gasteiger partial charge on any atom is -0.466 e. The van der Waals surface area contributed by atoms with Crippen molar-refractivity contribution < 1.29 is 4.42 Å². The summed E-state index contributed by atoms with van der Waals surface area (Å²) >= 11 is 0. The number of hydrogen-bond donors (Lipinski definition) is 1. The molecule has 0 amide bonds. The van der Waals surface area contributed by atoms with E-state index in [1.807, 2.05) is 33.2 Å². The first kappa shape index (κ1) is 10.9. The summed E-state index contributed by atoms with van der Waals surface area (Å²) in [7, 11) is 1.84. The van der Waals surface area contributed by atoms with Gasteiger partial charge in [0, 0.05) is 31.3 Å². The fourth-order valence-electron chi connectivity index (χ4n) is 1.84. The molecule has 1 unspecified atom stereocenters. The zero-order valence-corrected chi connectivity index (χ0v) is 9.77. The Hall–Kier alpha value is -1.62. The van der Waals surface area contributed by atoms with Crippen molar-refractivity contribution >= 4 is 0 Å². The van der Waals surface area contributed by atoms with Crippen molar-refractivity contribution in [1.82, 2.24) is 15.0 Å². The van der Waals surface area contributed by atoms with Gasteiger partial charge in [-0.2, -0.15) is 0 Å². The van der Waals surface area contributed by atoms with Crippen LogP contribution in [0.5, 0.6) is 0 Å². The average molecular weight is 220 g/mol. The first-order chi connectivity index (χ1) is 7.56. The van der Waals surface area contributed by atoms with E-state index in [1.165, 1.54) is 0 Å². The van der Waals surface area contributed by atoms with Crippen LogP contribution in [0, 0.1) is 13.8 Å². The Morgan fingerprint density at radius 1 is 1.50 bits per heavy atom. The second-order valence-electron chi connectivity index (χ2n) is 4.06. The smallest absolute Gasteiger partial charge is 0.105 e. The topological polar surface area (TPSA) is 69.9 Å². The van der Waals surface area contributed by atoms with E-state index in [1.54, 1.807) is 4.68 Å². The molecule has 2 N–H and O–H groups in total. The van der Waals surface area contributed by atoms with Crippen molar-refractivity contribution in [1.29, 1.82) is 0 Å². The lowest BCUT2D eigenvalue weighted by atomic mass is 10.0. The lowest BCUT2D eigenvalue weighted by Gasteiger charge is -2.07. The summed E-state index contributed by atoms with van der Waals surface area (Å²) < 4.78 is 7.13.